The molecule has 2 aliphatic heterocycles. The summed E-state index contributed by atoms with van der Waals surface area (Å²) in [6.45, 7) is 14.0. The van der Waals surface area contributed by atoms with E-state index in [2.05, 4.69) is 41.7 Å². The minimum Gasteiger partial charge on any atom is -0.381 e. The van der Waals surface area contributed by atoms with E-state index in [4.69, 9.17) is 0 Å². The third-order valence-corrected chi connectivity index (χ3v) is 13.2. The third kappa shape index (κ3) is 7.71. The predicted molar refractivity (Wildman–Crippen MR) is 188 cm³/mol. The molecule has 1 aromatic carbocycles. The second kappa shape index (κ2) is 14.6. The fourth-order valence-electron chi connectivity index (χ4n) is 8.07. The van der Waals surface area contributed by atoms with E-state index in [1.807, 2.05) is 20.8 Å². The van der Waals surface area contributed by atoms with Gasteiger partial charge in [0.1, 0.15) is 18.2 Å². The molecule has 1 saturated heterocycles. The molecule has 4 aliphatic rings. The van der Waals surface area contributed by atoms with E-state index in [-0.39, 0.29) is 60.2 Å². The van der Waals surface area contributed by atoms with Gasteiger partial charge in [0.05, 0.1) is 11.4 Å². The maximum atomic E-state index is 14.5. The van der Waals surface area contributed by atoms with Gasteiger partial charge in [-0.1, -0.05) is 78.2 Å². The molecule has 276 valence electrons. The van der Waals surface area contributed by atoms with Crippen molar-refractivity contribution in [3.05, 3.63) is 42.5 Å². The normalized spacial score (nSPS) is 25.7. The van der Waals surface area contributed by atoms with Crippen molar-refractivity contribution in [2.75, 3.05) is 26.2 Å². The van der Waals surface area contributed by atoms with Crippen LogP contribution in [0, 0.1) is 28.6 Å². The smallest absolute Gasteiger partial charge is 0.315 e. The molecule has 1 aromatic rings. The maximum absolute atomic E-state index is 14.5. The summed E-state index contributed by atoms with van der Waals surface area (Å²) in [4.78, 5) is 56.0. The van der Waals surface area contributed by atoms with Crippen LogP contribution in [0.25, 0.3) is 0 Å². The third-order valence-electron chi connectivity index (χ3n) is 11.3. The van der Waals surface area contributed by atoms with Crippen LogP contribution in [0.1, 0.15) is 72.3 Å². The minimum atomic E-state index is -3.73. The van der Waals surface area contributed by atoms with Gasteiger partial charge in [-0.25, -0.2) is 13.2 Å². The van der Waals surface area contributed by atoms with Gasteiger partial charge in [0.25, 0.3) is 5.91 Å². The van der Waals surface area contributed by atoms with Crippen molar-refractivity contribution in [3.63, 3.8) is 0 Å². The Kier molecular flexibility index (Phi) is 11.0. The number of aliphatic hydroxyl groups excluding tert-OH is 1. The Morgan fingerprint density at radius 1 is 1.06 bits per heavy atom. The Bertz CT molecular complexity index is 1580. The van der Waals surface area contributed by atoms with Crippen LogP contribution in [-0.4, -0.2) is 96.9 Å². The number of nitrogens with one attached hydrogen (secondary N) is 4. The molecular formula is C36H54N6O7S. The number of benzene rings is 1. The van der Waals surface area contributed by atoms with E-state index in [0.29, 0.717) is 12.1 Å². The van der Waals surface area contributed by atoms with Gasteiger partial charge >= 0.3 is 6.03 Å². The molecule has 2 aliphatic carbocycles. The van der Waals surface area contributed by atoms with Gasteiger partial charge in [-0.15, -0.1) is 6.58 Å². The molecule has 13 nitrogen and oxygen atoms in total. The molecule has 14 heteroatoms. The van der Waals surface area contributed by atoms with Crippen LogP contribution in [-0.2, 0) is 31.0 Å². The van der Waals surface area contributed by atoms with E-state index in [9.17, 15) is 32.7 Å². The molecule has 0 spiro atoms. The molecule has 0 bridgehead atoms. The number of sulfonamides is 1. The van der Waals surface area contributed by atoms with E-state index in [1.54, 1.807) is 29.2 Å². The number of amides is 5. The van der Waals surface area contributed by atoms with Crippen molar-refractivity contribution in [3.8, 4) is 0 Å². The number of aliphatic hydroxyl groups is 1. The molecule has 2 saturated carbocycles. The maximum Gasteiger partial charge on any atom is 0.315 e. The average Bonchev–Trinajstić information content (AvgIpc) is 3.32. The molecule has 2 heterocycles. The zero-order valence-electron chi connectivity index (χ0n) is 29.9. The van der Waals surface area contributed by atoms with E-state index in [1.165, 1.54) is 10.4 Å². The van der Waals surface area contributed by atoms with Crippen molar-refractivity contribution in [1.29, 1.82) is 0 Å². The SMILES string of the molecule is C=CCNC(=O)C(O)CNC(=O)[C@@H]1[C@@H]2[C@H](CN1C(=O)[C@@H](NC(=O)N[C@H](CN1Cc3ccccc3S1(=O)=O)C(C)(C)C)C1CCCCC1)C2(C)C. The Morgan fingerprint density at radius 2 is 1.74 bits per heavy atom. The Morgan fingerprint density at radius 3 is 2.38 bits per heavy atom. The van der Waals surface area contributed by atoms with Crippen LogP contribution in [0.5, 0.6) is 0 Å². The largest absolute Gasteiger partial charge is 0.381 e. The van der Waals surface area contributed by atoms with Crippen LogP contribution < -0.4 is 21.3 Å². The Labute approximate surface area is 296 Å². The first-order valence-corrected chi connectivity index (χ1v) is 19.2. The van der Waals surface area contributed by atoms with Gasteiger partial charge < -0.3 is 31.3 Å². The van der Waals surface area contributed by atoms with Gasteiger partial charge in [0.15, 0.2) is 0 Å². The molecule has 5 N–H and O–H groups in total. The van der Waals surface area contributed by atoms with Crippen LogP contribution in [0.2, 0.25) is 0 Å². The van der Waals surface area contributed by atoms with Gasteiger partial charge in [-0.05, 0) is 53.1 Å². The average molecular weight is 715 g/mol. The summed E-state index contributed by atoms with van der Waals surface area (Å²) in [5.41, 5.74) is 0.0206. The second-order valence-electron chi connectivity index (χ2n) is 16.0. The molecule has 0 aromatic heterocycles. The van der Waals surface area contributed by atoms with Gasteiger partial charge in [-0.3, -0.25) is 14.4 Å². The molecule has 3 fully saturated rings. The van der Waals surface area contributed by atoms with Crippen molar-refractivity contribution < 1.29 is 32.7 Å². The van der Waals surface area contributed by atoms with E-state index in [0.717, 1.165) is 32.1 Å². The van der Waals surface area contributed by atoms with Gasteiger partial charge in [-0.2, -0.15) is 4.31 Å². The number of carbonyl (C=O) groups is 4. The van der Waals surface area contributed by atoms with Crippen molar-refractivity contribution in [2.45, 2.75) is 102 Å². The summed E-state index contributed by atoms with van der Waals surface area (Å²) >= 11 is 0. The molecule has 5 amide bonds. The predicted octanol–water partition coefficient (Wildman–Crippen LogP) is 2.12. The number of fused-ring (bicyclic) bond motifs is 2. The topological polar surface area (TPSA) is 177 Å². The second-order valence-corrected chi connectivity index (χ2v) is 17.9. The molecule has 6 atom stereocenters. The fourth-order valence-corrected chi connectivity index (χ4v) is 9.72. The number of piperidine rings is 1. The number of nitrogens with zero attached hydrogens (tertiary/aromatic N) is 2. The molecular weight excluding hydrogens is 660 g/mol. The summed E-state index contributed by atoms with van der Waals surface area (Å²) in [7, 11) is -3.73. The first-order chi connectivity index (χ1) is 23.5. The van der Waals surface area contributed by atoms with Gasteiger partial charge in [0, 0.05) is 32.2 Å². The number of rotatable bonds is 12. The molecule has 5 rings (SSSR count). The van der Waals surface area contributed by atoms with Crippen LogP contribution in [0.15, 0.2) is 41.8 Å². The zero-order chi connectivity index (χ0) is 36.6. The number of urea groups is 1. The van der Waals surface area contributed by atoms with Crippen LogP contribution in [0.3, 0.4) is 0 Å². The molecule has 0 radical (unpaired) electrons. The minimum absolute atomic E-state index is 0.0558. The van der Waals surface area contributed by atoms with Crippen molar-refractivity contribution in [2.24, 2.45) is 28.6 Å². The molecule has 1 unspecified atom stereocenters. The lowest BCUT2D eigenvalue weighted by Crippen LogP contribution is -2.61. The summed E-state index contributed by atoms with van der Waals surface area (Å²) in [5, 5.41) is 21.5. The number of hydrogen-bond donors (Lipinski definition) is 5. The zero-order valence-corrected chi connectivity index (χ0v) is 30.7. The highest BCUT2D eigenvalue weighted by Crippen LogP contribution is 2.65. The summed E-state index contributed by atoms with van der Waals surface area (Å²) in [5.74, 6) is -1.55. The van der Waals surface area contributed by atoms with Gasteiger partial charge in [0.2, 0.25) is 21.8 Å². The lowest BCUT2D eigenvalue weighted by Gasteiger charge is -2.38. The Hall–Kier alpha value is -3.49. The Balaban J connectivity index is 1.31. The monoisotopic (exact) mass is 714 g/mol. The fraction of sp³-hybridized carbons (Fsp3) is 0.667. The number of carbonyl (C=O) groups excluding carboxylic acids is 4. The summed E-state index contributed by atoms with van der Waals surface area (Å²) in [6, 6.07) is 4.04. The summed E-state index contributed by atoms with van der Waals surface area (Å²) in [6.07, 6.45) is 4.40. The van der Waals surface area contributed by atoms with Crippen molar-refractivity contribution in [1.82, 2.24) is 30.5 Å². The number of likely N-dealkylation sites (tertiary alicyclic amines) is 1. The lowest BCUT2D eigenvalue weighted by atomic mass is 9.83. The quantitative estimate of drug-likeness (QED) is 0.206. The summed E-state index contributed by atoms with van der Waals surface area (Å²) < 4.78 is 28.1. The highest BCUT2D eigenvalue weighted by Gasteiger charge is 2.69. The highest BCUT2D eigenvalue weighted by molar-refractivity contribution is 7.89. The standard InChI is InChI=1S/C36H54N6O7S/c1-7-17-37-31(44)25(43)18-38-32(45)30-28-24(36(28,5)6)20-42(30)33(46)29(22-13-9-8-10-14-22)40-34(47)39-27(35(2,3)4)21-41-19-23-15-11-12-16-26(23)50(41,48)49/h7,11-12,15-16,22,24-25,27-30,43H,1,8-10,13-14,17-21H2,2-6H3,(H,37,44)(H,38,45)(H2,39,40,47)/t24-,25?,27+,28-,29-,30-/m0/s1. The first kappa shape index (κ1) is 37.8. The van der Waals surface area contributed by atoms with Crippen LogP contribution in [0.4, 0.5) is 4.79 Å². The van der Waals surface area contributed by atoms with E-state index < -0.39 is 57.5 Å². The first-order valence-electron chi connectivity index (χ1n) is 17.8. The number of hydrogen-bond acceptors (Lipinski definition) is 7. The van der Waals surface area contributed by atoms with E-state index >= 15 is 0 Å². The van der Waals surface area contributed by atoms with Crippen molar-refractivity contribution >= 4 is 33.8 Å². The van der Waals surface area contributed by atoms with Crippen LogP contribution >= 0.6 is 0 Å². The molecule has 50 heavy (non-hydrogen) atoms. The lowest BCUT2D eigenvalue weighted by molar-refractivity contribution is -0.143. The highest BCUT2D eigenvalue weighted by atomic mass is 32.2.